The van der Waals surface area contributed by atoms with Gasteiger partial charge in [0.15, 0.2) is 11.5 Å². The Bertz CT molecular complexity index is 577. The molecular weight excluding hydrogens is 252 g/mol. The Morgan fingerprint density at radius 3 is 2.35 bits per heavy atom. The minimum Gasteiger partial charge on any atom is -0.504 e. The topological polar surface area (TPSA) is 49.7 Å². The summed E-state index contributed by atoms with van der Waals surface area (Å²) >= 11 is 0. The molecule has 0 saturated heterocycles. The van der Waals surface area contributed by atoms with Crippen LogP contribution in [0.4, 0.5) is 0 Å². The van der Waals surface area contributed by atoms with Gasteiger partial charge in [0.25, 0.3) is 0 Å². The quantitative estimate of drug-likeness (QED) is 0.805. The van der Waals surface area contributed by atoms with Crippen LogP contribution in [0.3, 0.4) is 0 Å². The summed E-state index contributed by atoms with van der Waals surface area (Å²) in [6.45, 7) is 2.10. The van der Waals surface area contributed by atoms with Gasteiger partial charge >= 0.3 is 0 Å². The van der Waals surface area contributed by atoms with Crippen LogP contribution in [-0.2, 0) is 6.42 Å². The summed E-state index contributed by atoms with van der Waals surface area (Å²) in [7, 11) is 1.48. The third-order valence-corrected chi connectivity index (χ3v) is 3.43. The summed E-state index contributed by atoms with van der Waals surface area (Å²) in [4.78, 5) is 0. The molecule has 0 bridgehead atoms. The van der Waals surface area contributed by atoms with Crippen molar-refractivity contribution < 1.29 is 14.9 Å². The fourth-order valence-electron chi connectivity index (χ4n) is 2.31. The zero-order valence-corrected chi connectivity index (χ0v) is 11.9. The maximum absolute atomic E-state index is 10.2. The van der Waals surface area contributed by atoms with Crippen molar-refractivity contribution in [1.82, 2.24) is 0 Å². The number of hydrogen-bond donors (Lipinski definition) is 2. The molecule has 0 spiro atoms. The first-order chi connectivity index (χ1) is 9.69. The third-order valence-electron chi connectivity index (χ3n) is 3.43. The van der Waals surface area contributed by atoms with Crippen LogP contribution >= 0.6 is 0 Å². The van der Waals surface area contributed by atoms with Crippen LogP contribution in [-0.4, -0.2) is 17.3 Å². The zero-order chi connectivity index (χ0) is 14.5. The Labute approximate surface area is 119 Å². The number of methoxy groups -OCH3 is 1. The highest BCUT2D eigenvalue weighted by Crippen LogP contribution is 2.44. The Morgan fingerprint density at radius 1 is 1.05 bits per heavy atom. The standard InChI is InChI=1S/C17H20O3/c1-3-4-10-13-14(12-8-6-5-7-9-12)11-15(20-2)17(19)16(13)18/h5-9,11,18-19H,3-4,10H2,1-2H3. The first kappa shape index (κ1) is 14.3. The molecule has 0 heterocycles. The number of benzene rings is 2. The normalized spacial score (nSPS) is 10.5. The number of rotatable bonds is 5. The molecule has 0 aliphatic rings. The summed E-state index contributed by atoms with van der Waals surface area (Å²) < 4.78 is 5.14. The Morgan fingerprint density at radius 2 is 1.75 bits per heavy atom. The van der Waals surface area contributed by atoms with Gasteiger partial charge in [0.2, 0.25) is 5.75 Å². The lowest BCUT2D eigenvalue weighted by Crippen LogP contribution is -1.95. The molecular formula is C17H20O3. The molecule has 2 aromatic carbocycles. The monoisotopic (exact) mass is 272 g/mol. The molecule has 0 aliphatic carbocycles. The summed E-state index contributed by atoms with van der Waals surface area (Å²) in [5.41, 5.74) is 2.69. The van der Waals surface area contributed by atoms with Crippen LogP contribution in [0.25, 0.3) is 11.1 Å². The molecule has 0 amide bonds. The van der Waals surface area contributed by atoms with Crippen molar-refractivity contribution in [3.8, 4) is 28.4 Å². The van der Waals surface area contributed by atoms with E-state index in [4.69, 9.17) is 4.74 Å². The van der Waals surface area contributed by atoms with Gasteiger partial charge in [0.05, 0.1) is 7.11 Å². The van der Waals surface area contributed by atoms with Crippen molar-refractivity contribution in [2.75, 3.05) is 7.11 Å². The van der Waals surface area contributed by atoms with Gasteiger partial charge < -0.3 is 14.9 Å². The van der Waals surface area contributed by atoms with Crippen LogP contribution < -0.4 is 4.74 Å². The van der Waals surface area contributed by atoms with Crippen molar-refractivity contribution in [2.45, 2.75) is 26.2 Å². The number of phenolic OH excluding ortho intramolecular Hbond substituents is 2. The molecule has 2 N–H and O–H groups in total. The Kier molecular flexibility index (Phi) is 4.51. The van der Waals surface area contributed by atoms with E-state index in [-0.39, 0.29) is 11.5 Å². The minimum absolute atomic E-state index is 0.0725. The molecule has 0 unspecified atom stereocenters. The summed E-state index contributed by atoms with van der Waals surface area (Å²) in [5, 5.41) is 20.2. The van der Waals surface area contributed by atoms with Gasteiger partial charge in [-0.25, -0.2) is 0 Å². The van der Waals surface area contributed by atoms with Gasteiger partial charge in [-0.3, -0.25) is 0 Å². The van der Waals surface area contributed by atoms with Gasteiger partial charge in [-0.15, -0.1) is 0 Å². The molecule has 3 heteroatoms. The maximum Gasteiger partial charge on any atom is 0.200 e. The number of aromatic hydroxyl groups is 2. The second-order valence-electron chi connectivity index (χ2n) is 4.77. The highest BCUT2D eigenvalue weighted by molar-refractivity contribution is 5.75. The molecule has 2 aromatic rings. The average Bonchev–Trinajstić information content (AvgIpc) is 2.49. The fourth-order valence-corrected chi connectivity index (χ4v) is 2.31. The molecule has 106 valence electrons. The molecule has 0 radical (unpaired) electrons. The largest absolute Gasteiger partial charge is 0.504 e. The number of unbranched alkanes of at least 4 members (excludes halogenated alkanes) is 1. The third kappa shape index (κ3) is 2.72. The number of hydrogen-bond acceptors (Lipinski definition) is 3. The van der Waals surface area contributed by atoms with E-state index < -0.39 is 0 Å². The van der Waals surface area contributed by atoms with E-state index in [1.807, 2.05) is 30.3 Å². The van der Waals surface area contributed by atoms with Crippen molar-refractivity contribution in [2.24, 2.45) is 0 Å². The van der Waals surface area contributed by atoms with Gasteiger partial charge in [0, 0.05) is 5.56 Å². The molecule has 0 aromatic heterocycles. The fraction of sp³-hybridized carbons (Fsp3) is 0.294. The Hall–Kier alpha value is -2.16. The van der Waals surface area contributed by atoms with E-state index in [0.717, 1.165) is 36.0 Å². The van der Waals surface area contributed by atoms with Gasteiger partial charge in [0.1, 0.15) is 0 Å². The maximum atomic E-state index is 10.2. The molecule has 0 fully saturated rings. The van der Waals surface area contributed by atoms with Gasteiger partial charge in [-0.1, -0.05) is 43.7 Å². The van der Waals surface area contributed by atoms with Crippen LogP contribution in [0.5, 0.6) is 17.2 Å². The molecule has 0 saturated carbocycles. The molecule has 0 aliphatic heterocycles. The molecule has 0 atom stereocenters. The highest BCUT2D eigenvalue weighted by Gasteiger charge is 2.18. The molecule has 3 nitrogen and oxygen atoms in total. The SMILES string of the molecule is CCCCc1c(-c2ccccc2)cc(OC)c(O)c1O. The lowest BCUT2D eigenvalue weighted by atomic mass is 9.94. The first-order valence-electron chi connectivity index (χ1n) is 6.86. The summed E-state index contributed by atoms with van der Waals surface area (Å²) in [6.07, 6.45) is 2.71. The van der Waals surface area contributed by atoms with Gasteiger partial charge in [-0.05, 0) is 30.0 Å². The predicted octanol–water partition coefficient (Wildman–Crippen LogP) is 4.12. The van der Waals surface area contributed by atoms with E-state index in [2.05, 4.69) is 6.92 Å². The number of ether oxygens (including phenoxy) is 1. The van der Waals surface area contributed by atoms with E-state index >= 15 is 0 Å². The van der Waals surface area contributed by atoms with Crippen LogP contribution in [0.1, 0.15) is 25.3 Å². The van der Waals surface area contributed by atoms with E-state index in [9.17, 15) is 10.2 Å². The zero-order valence-electron chi connectivity index (χ0n) is 11.9. The summed E-state index contributed by atoms with van der Waals surface area (Å²) in [5.74, 6) is 0.0385. The van der Waals surface area contributed by atoms with E-state index in [1.165, 1.54) is 7.11 Å². The lowest BCUT2D eigenvalue weighted by Gasteiger charge is -2.15. The van der Waals surface area contributed by atoms with Crippen molar-refractivity contribution in [1.29, 1.82) is 0 Å². The van der Waals surface area contributed by atoms with E-state index in [0.29, 0.717) is 5.75 Å². The molecule has 2 rings (SSSR count). The van der Waals surface area contributed by atoms with Crippen molar-refractivity contribution in [3.05, 3.63) is 42.0 Å². The predicted molar refractivity (Wildman–Crippen MR) is 80.4 cm³/mol. The smallest absolute Gasteiger partial charge is 0.200 e. The Balaban J connectivity index is 2.60. The highest BCUT2D eigenvalue weighted by atomic mass is 16.5. The van der Waals surface area contributed by atoms with Gasteiger partial charge in [-0.2, -0.15) is 0 Å². The first-order valence-corrected chi connectivity index (χ1v) is 6.86. The van der Waals surface area contributed by atoms with Crippen molar-refractivity contribution >= 4 is 0 Å². The van der Waals surface area contributed by atoms with Crippen LogP contribution in [0.15, 0.2) is 36.4 Å². The van der Waals surface area contributed by atoms with Crippen LogP contribution in [0.2, 0.25) is 0 Å². The van der Waals surface area contributed by atoms with Crippen LogP contribution in [0, 0.1) is 0 Å². The summed E-state index contributed by atoms with van der Waals surface area (Å²) in [6, 6.07) is 11.6. The minimum atomic E-state index is -0.182. The van der Waals surface area contributed by atoms with E-state index in [1.54, 1.807) is 6.07 Å². The van der Waals surface area contributed by atoms with Crippen molar-refractivity contribution in [3.63, 3.8) is 0 Å². The lowest BCUT2D eigenvalue weighted by molar-refractivity contribution is 0.349. The number of phenols is 2. The second kappa shape index (κ2) is 6.33. The average molecular weight is 272 g/mol. The molecule has 20 heavy (non-hydrogen) atoms. The second-order valence-corrected chi connectivity index (χ2v) is 4.77.